The number of methoxy groups -OCH3 is 1. The number of hydrogen-bond acceptors (Lipinski definition) is 7. The Kier molecular flexibility index (Phi) is 7.10. The monoisotopic (exact) mass is 476 g/mol. The summed E-state index contributed by atoms with van der Waals surface area (Å²) in [5.41, 5.74) is 3.39. The average molecular weight is 477 g/mol. The Morgan fingerprint density at radius 2 is 1.74 bits per heavy atom. The molecule has 1 aliphatic carbocycles. The smallest absolute Gasteiger partial charge is 0.315 e. The van der Waals surface area contributed by atoms with Gasteiger partial charge >= 0.3 is 5.97 Å². The number of allylic oxidation sites excluding steroid dienone is 2. The van der Waals surface area contributed by atoms with Gasteiger partial charge in [-0.3, -0.25) is 24.7 Å². The minimum absolute atomic E-state index is 0.0372. The molecule has 182 valence electrons. The Morgan fingerprint density at radius 1 is 1.09 bits per heavy atom. The van der Waals surface area contributed by atoms with E-state index in [0.717, 1.165) is 11.3 Å². The fourth-order valence-corrected chi connectivity index (χ4v) is 4.93. The van der Waals surface area contributed by atoms with Crippen LogP contribution in [0.2, 0.25) is 0 Å². The van der Waals surface area contributed by atoms with Gasteiger partial charge in [-0.15, -0.1) is 0 Å². The standard InChI is InChI=1S/C27H28N2O6/c1-4-13-35-27(31)24-16(2)28-22-14-19(17-7-11-21(34-3)12-8-17)15-23(30)26(22)25(24)18-5-9-20(10-6-18)29(32)33/h5-12,19,24-25H,4,13-15H2,1-3H3. The molecule has 3 unspecified atom stereocenters. The summed E-state index contributed by atoms with van der Waals surface area (Å²) in [6.45, 7) is 3.96. The van der Waals surface area contributed by atoms with Crippen molar-refractivity contribution in [2.24, 2.45) is 10.9 Å². The number of nitro groups is 1. The maximum Gasteiger partial charge on any atom is 0.315 e. The van der Waals surface area contributed by atoms with Crippen LogP contribution in [0.15, 0.2) is 64.8 Å². The summed E-state index contributed by atoms with van der Waals surface area (Å²) in [7, 11) is 1.61. The van der Waals surface area contributed by atoms with Gasteiger partial charge in [0.15, 0.2) is 5.78 Å². The van der Waals surface area contributed by atoms with Gasteiger partial charge in [0.25, 0.3) is 5.69 Å². The molecule has 0 N–H and O–H groups in total. The molecule has 2 aromatic carbocycles. The Hall–Kier alpha value is -3.81. The quantitative estimate of drug-likeness (QED) is 0.311. The SMILES string of the molecule is CCCOC(=O)C1C(C)=NC2=C(C(=O)CC(c3ccc(OC)cc3)C2)C1c1ccc([N+](=O)[O-])cc1. The van der Waals surface area contributed by atoms with Crippen molar-refractivity contribution < 1.29 is 24.0 Å². The number of hydrogen-bond donors (Lipinski definition) is 0. The molecule has 3 atom stereocenters. The van der Waals surface area contributed by atoms with Crippen molar-refractivity contribution in [3.8, 4) is 5.75 Å². The molecule has 0 saturated heterocycles. The highest BCUT2D eigenvalue weighted by Gasteiger charge is 2.44. The normalized spacial score (nSPS) is 21.7. The maximum atomic E-state index is 13.6. The molecule has 0 aromatic heterocycles. The molecule has 0 amide bonds. The zero-order valence-corrected chi connectivity index (χ0v) is 20.0. The molecule has 2 aliphatic rings. The lowest BCUT2D eigenvalue weighted by Crippen LogP contribution is -2.38. The van der Waals surface area contributed by atoms with E-state index >= 15 is 0 Å². The van der Waals surface area contributed by atoms with E-state index in [1.807, 2.05) is 31.2 Å². The number of non-ortho nitro benzene ring substituents is 1. The number of carbonyl (C=O) groups is 2. The highest BCUT2D eigenvalue weighted by Crippen LogP contribution is 2.47. The predicted molar refractivity (Wildman–Crippen MR) is 131 cm³/mol. The second-order valence-corrected chi connectivity index (χ2v) is 8.89. The summed E-state index contributed by atoms with van der Waals surface area (Å²) in [6, 6.07) is 13.7. The zero-order chi connectivity index (χ0) is 25.1. The summed E-state index contributed by atoms with van der Waals surface area (Å²) in [4.78, 5) is 42.1. The average Bonchev–Trinajstić information content (AvgIpc) is 2.86. The van der Waals surface area contributed by atoms with Gasteiger partial charge in [-0.25, -0.2) is 0 Å². The lowest BCUT2D eigenvalue weighted by molar-refractivity contribution is -0.384. The van der Waals surface area contributed by atoms with Gasteiger partial charge in [-0.2, -0.15) is 0 Å². The largest absolute Gasteiger partial charge is 0.497 e. The molecule has 0 radical (unpaired) electrons. The van der Waals surface area contributed by atoms with E-state index in [1.54, 1.807) is 26.2 Å². The van der Waals surface area contributed by atoms with Crippen LogP contribution in [0.4, 0.5) is 5.69 Å². The number of ketones is 1. The fraction of sp³-hybridized carbons (Fsp3) is 0.370. The lowest BCUT2D eigenvalue weighted by atomic mass is 9.69. The molecule has 1 heterocycles. The molecular weight excluding hydrogens is 448 g/mol. The first-order valence-electron chi connectivity index (χ1n) is 11.7. The van der Waals surface area contributed by atoms with Crippen LogP contribution in [0.1, 0.15) is 56.1 Å². The number of ether oxygens (including phenoxy) is 2. The van der Waals surface area contributed by atoms with Crippen LogP contribution in [0, 0.1) is 16.0 Å². The van der Waals surface area contributed by atoms with Crippen LogP contribution < -0.4 is 4.74 Å². The molecule has 0 bridgehead atoms. The van der Waals surface area contributed by atoms with E-state index in [9.17, 15) is 19.7 Å². The van der Waals surface area contributed by atoms with E-state index in [0.29, 0.717) is 41.8 Å². The van der Waals surface area contributed by atoms with E-state index in [4.69, 9.17) is 14.5 Å². The van der Waals surface area contributed by atoms with Crippen LogP contribution in [0.3, 0.4) is 0 Å². The van der Waals surface area contributed by atoms with Gasteiger partial charge < -0.3 is 9.47 Å². The van der Waals surface area contributed by atoms with Crippen LogP contribution in [-0.2, 0) is 14.3 Å². The molecular formula is C27H28N2O6. The summed E-state index contributed by atoms with van der Waals surface area (Å²) < 4.78 is 10.7. The topological polar surface area (TPSA) is 108 Å². The van der Waals surface area contributed by atoms with Crippen LogP contribution in [0.5, 0.6) is 5.75 Å². The number of benzene rings is 2. The number of nitro benzene ring substituents is 1. The zero-order valence-electron chi connectivity index (χ0n) is 20.0. The summed E-state index contributed by atoms with van der Waals surface area (Å²) >= 11 is 0. The number of aliphatic imine (C=N–C) groups is 1. The molecule has 1 aliphatic heterocycles. The number of carbonyl (C=O) groups excluding carboxylic acids is 2. The fourth-order valence-electron chi connectivity index (χ4n) is 4.93. The molecule has 35 heavy (non-hydrogen) atoms. The van der Waals surface area contributed by atoms with Crippen molar-refractivity contribution in [3.63, 3.8) is 0 Å². The molecule has 2 aromatic rings. The molecule has 8 heteroatoms. The Labute approximate surface area is 203 Å². The highest BCUT2D eigenvalue weighted by atomic mass is 16.6. The Balaban J connectivity index is 1.75. The first kappa shape index (κ1) is 24.3. The van der Waals surface area contributed by atoms with Crippen molar-refractivity contribution in [2.45, 2.75) is 44.9 Å². The Morgan fingerprint density at radius 3 is 2.34 bits per heavy atom. The number of esters is 1. The third-order valence-electron chi connectivity index (χ3n) is 6.64. The minimum Gasteiger partial charge on any atom is -0.497 e. The third kappa shape index (κ3) is 4.87. The molecule has 0 saturated carbocycles. The van der Waals surface area contributed by atoms with Gasteiger partial charge in [0.2, 0.25) is 0 Å². The second-order valence-electron chi connectivity index (χ2n) is 8.89. The van der Waals surface area contributed by atoms with Crippen LogP contribution >= 0.6 is 0 Å². The maximum absolute atomic E-state index is 13.6. The first-order valence-corrected chi connectivity index (χ1v) is 11.7. The van der Waals surface area contributed by atoms with Gasteiger partial charge in [-0.05, 0) is 48.9 Å². The third-order valence-corrected chi connectivity index (χ3v) is 6.64. The van der Waals surface area contributed by atoms with Crippen molar-refractivity contribution in [2.75, 3.05) is 13.7 Å². The summed E-state index contributed by atoms with van der Waals surface area (Å²) in [5, 5.41) is 11.2. The van der Waals surface area contributed by atoms with Crippen LogP contribution in [-0.4, -0.2) is 36.1 Å². The molecule has 0 fully saturated rings. The van der Waals surface area contributed by atoms with Crippen molar-refractivity contribution >= 4 is 23.2 Å². The second kappa shape index (κ2) is 10.2. The van der Waals surface area contributed by atoms with E-state index in [-0.39, 0.29) is 24.0 Å². The highest BCUT2D eigenvalue weighted by molar-refractivity contribution is 6.09. The Bertz CT molecular complexity index is 1200. The van der Waals surface area contributed by atoms with E-state index < -0.39 is 22.7 Å². The molecule has 4 rings (SSSR count). The predicted octanol–water partition coefficient (Wildman–Crippen LogP) is 5.13. The van der Waals surface area contributed by atoms with Gasteiger partial charge in [0.05, 0.1) is 18.6 Å². The summed E-state index contributed by atoms with van der Waals surface area (Å²) in [6.07, 6.45) is 1.53. The van der Waals surface area contributed by atoms with E-state index in [2.05, 4.69) is 0 Å². The first-order chi connectivity index (χ1) is 16.8. The van der Waals surface area contributed by atoms with Crippen LogP contribution in [0.25, 0.3) is 0 Å². The summed E-state index contributed by atoms with van der Waals surface area (Å²) in [5.74, 6) is -1.16. The van der Waals surface area contributed by atoms with Gasteiger partial charge in [-0.1, -0.05) is 31.2 Å². The van der Waals surface area contributed by atoms with Crippen molar-refractivity contribution in [1.82, 2.24) is 0 Å². The lowest BCUT2D eigenvalue weighted by Gasteiger charge is -2.36. The van der Waals surface area contributed by atoms with Crippen molar-refractivity contribution in [1.29, 1.82) is 0 Å². The number of rotatable bonds is 7. The molecule has 0 spiro atoms. The van der Waals surface area contributed by atoms with Crippen molar-refractivity contribution in [3.05, 3.63) is 81.0 Å². The number of Topliss-reactive ketones (excluding diaryl/α,β-unsaturated/α-hetero) is 1. The van der Waals surface area contributed by atoms with Gasteiger partial charge in [0.1, 0.15) is 11.7 Å². The van der Waals surface area contributed by atoms with Gasteiger partial charge in [0, 0.05) is 41.5 Å². The number of nitrogens with zero attached hydrogens (tertiary/aromatic N) is 2. The van der Waals surface area contributed by atoms with E-state index in [1.165, 1.54) is 12.1 Å². The minimum atomic E-state index is -0.761. The molecule has 8 nitrogen and oxygen atoms in total.